The van der Waals surface area contributed by atoms with Gasteiger partial charge in [-0.05, 0) is 32.2 Å². The number of nitrogens with zero attached hydrogens (tertiary/aromatic N) is 2. The normalized spacial score (nSPS) is 13.9. The lowest BCUT2D eigenvalue weighted by atomic mass is 9.97. The van der Waals surface area contributed by atoms with Crippen LogP contribution >= 0.6 is 0 Å². The minimum absolute atomic E-state index is 0.779. The van der Waals surface area contributed by atoms with E-state index in [-0.39, 0.29) is 0 Å². The Hall–Kier alpha value is -1.42. The lowest BCUT2D eigenvalue weighted by molar-refractivity contribution is 0.714. The van der Waals surface area contributed by atoms with Gasteiger partial charge in [0.1, 0.15) is 0 Å². The van der Waals surface area contributed by atoms with Gasteiger partial charge in [0.25, 0.3) is 0 Å². The molecule has 19 heavy (non-hydrogen) atoms. The fourth-order valence-corrected chi connectivity index (χ4v) is 1.79. The van der Waals surface area contributed by atoms with Gasteiger partial charge in [-0.3, -0.25) is 5.10 Å². The molecular weight excluding hydrogens is 236 g/mol. The van der Waals surface area contributed by atoms with Gasteiger partial charge in [0.15, 0.2) is 5.82 Å². The number of aromatic nitrogens is 2. The third-order valence-electron chi connectivity index (χ3n) is 2.56. The van der Waals surface area contributed by atoms with E-state index in [0.717, 1.165) is 30.9 Å². The van der Waals surface area contributed by atoms with E-state index in [4.69, 9.17) is 0 Å². The van der Waals surface area contributed by atoms with E-state index in [2.05, 4.69) is 48.0 Å². The van der Waals surface area contributed by atoms with Gasteiger partial charge in [0.05, 0.1) is 6.20 Å². The summed E-state index contributed by atoms with van der Waals surface area (Å²) < 4.78 is 0. The molecule has 0 fully saturated rings. The lowest BCUT2D eigenvalue weighted by Crippen LogP contribution is -2.23. The van der Waals surface area contributed by atoms with Crippen LogP contribution in [0.5, 0.6) is 0 Å². The maximum atomic E-state index is 3.99. The molecule has 2 N–H and O–H groups in total. The lowest BCUT2D eigenvalue weighted by Gasteiger charge is -2.18. The minimum atomic E-state index is 0.779. The van der Waals surface area contributed by atoms with Crippen molar-refractivity contribution in [1.82, 2.24) is 15.5 Å². The highest BCUT2D eigenvalue weighted by atomic mass is 15.2. The Kier molecular flexibility index (Phi) is 9.71. The average molecular weight is 264 g/mol. The first-order chi connectivity index (χ1) is 9.24. The van der Waals surface area contributed by atoms with Crippen molar-refractivity contribution >= 4 is 18.1 Å². The summed E-state index contributed by atoms with van der Waals surface area (Å²) in [6.07, 6.45) is 4.11. The Morgan fingerprint density at radius 2 is 2.00 bits per heavy atom. The highest BCUT2D eigenvalue weighted by Gasteiger charge is 2.14. The molecule has 0 radical (unpaired) electrons. The van der Waals surface area contributed by atoms with Gasteiger partial charge in [-0.25, -0.2) is 4.99 Å². The van der Waals surface area contributed by atoms with Gasteiger partial charge in [-0.2, -0.15) is 5.10 Å². The summed E-state index contributed by atoms with van der Waals surface area (Å²) in [5, 5.41) is 10.2. The first kappa shape index (κ1) is 17.6. The van der Waals surface area contributed by atoms with Crippen LogP contribution in [0.3, 0.4) is 0 Å². The molecular formula is C15H28N4. The zero-order chi connectivity index (χ0) is 14.7. The summed E-state index contributed by atoms with van der Waals surface area (Å²) in [6, 6.07) is 0. The van der Waals surface area contributed by atoms with Crippen LogP contribution in [0.15, 0.2) is 16.8 Å². The maximum Gasteiger partial charge on any atom is 0.154 e. The van der Waals surface area contributed by atoms with Crippen LogP contribution in [-0.2, 0) is 0 Å². The predicted octanol–water partition coefficient (Wildman–Crippen LogP) is 3.95. The van der Waals surface area contributed by atoms with Gasteiger partial charge in [-0.15, -0.1) is 0 Å². The van der Waals surface area contributed by atoms with Gasteiger partial charge >= 0.3 is 0 Å². The van der Waals surface area contributed by atoms with Crippen molar-refractivity contribution in [1.29, 1.82) is 0 Å². The van der Waals surface area contributed by atoms with Gasteiger partial charge in [0, 0.05) is 12.1 Å². The van der Waals surface area contributed by atoms with Crippen LogP contribution < -0.4 is 5.32 Å². The maximum absolute atomic E-state index is 3.99. The number of aliphatic imine (C=N–C) groups is 1. The first-order valence-electron chi connectivity index (χ1n) is 7.14. The van der Waals surface area contributed by atoms with Gasteiger partial charge in [0.2, 0.25) is 0 Å². The smallest absolute Gasteiger partial charge is 0.154 e. The molecule has 2 heterocycles. The molecule has 0 aromatic carbocycles. The Morgan fingerprint density at radius 1 is 1.37 bits per heavy atom. The quantitative estimate of drug-likeness (QED) is 0.795. The Balaban J connectivity index is 0.000000573. The van der Waals surface area contributed by atoms with Gasteiger partial charge < -0.3 is 5.32 Å². The topological polar surface area (TPSA) is 53.1 Å². The number of hydrogen-bond donors (Lipinski definition) is 2. The molecule has 1 aromatic rings. The molecule has 0 aliphatic carbocycles. The van der Waals surface area contributed by atoms with E-state index in [1.54, 1.807) is 0 Å². The molecule has 0 saturated heterocycles. The van der Waals surface area contributed by atoms with E-state index >= 15 is 0 Å². The molecule has 4 heteroatoms. The van der Waals surface area contributed by atoms with Crippen LogP contribution in [-0.4, -0.2) is 30.0 Å². The summed E-state index contributed by atoms with van der Waals surface area (Å²) >= 11 is 0. The van der Waals surface area contributed by atoms with Gasteiger partial charge in [-0.1, -0.05) is 39.7 Å². The summed E-state index contributed by atoms with van der Waals surface area (Å²) in [6.45, 7) is 15.9. The molecule has 0 amide bonds. The number of H-pyrrole nitrogens is 1. The summed E-state index contributed by atoms with van der Waals surface area (Å²) in [5.74, 6) is 0.779. The third-order valence-corrected chi connectivity index (χ3v) is 2.56. The molecule has 0 atom stereocenters. The van der Waals surface area contributed by atoms with Crippen LogP contribution in [0.2, 0.25) is 0 Å². The summed E-state index contributed by atoms with van der Waals surface area (Å²) in [7, 11) is 0. The second kappa shape index (κ2) is 10.5. The van der Waals surface area contributed by atoms with Crippen LogP contribution in [0.1, 0.15) is 53.0 Å². The number of hydrogen-bond acceptors (Lipinski definition) is 3. The van der Waals surface area contributed by atoms with Crippen LogP contribution in [0.25, 0.3) is 5.57 Å². The SMILES string of the molecule is C=Nc1[nH]ncc1C1=C(C)CNCC1.CC.CCC. The molecule has 1 aliphatic rings. The molecule has 2 rings (SSSR count). The zero-order valence-electron chi connectivity index (χ0n) is 13.0. The molecule has 1 aromatic heterocycles. The van der Waals surface area contributed by atoms with Crippen molar-refractivity contribution in [3.8, 4) is 0 Å². The standard InChI is InChI=1S/C10H14N4.C3H8.C2H6/c1-7-5-12-4-3-8(7)9-6-13-14-10(9)11-2;1-3-2;1-2/h6,12H,2-5H2,1H3,(H,13,14);3H2,1-2H3;1-2H3. The first-order valence-corrected chi connectivity index (χ1v) is 7.14. The van der Waals surface area contributed by atoms with Crippen molar-refractivity contribution in [3.63, 3.8) is 0 Å². The Bertz CT molecular complexity index is 391. The third kappa shape index (κ3) is 5.39. The number of aromatic amines is 1. The van der Waals surface area contributed by atoms with E-state index in [1.165, 1.54) is 17.6 Å². The van der Waals surface area contributed by atoms with E-state index in [0.29, 0.717) is 0 Å². The van der Waals surface area contributed by atoms with Crippen LogP contribution in [0, 0.1) is 0 Å². The minimum Gasteiger partial charge on any atom is -0.313 e. The Morgan fingerprint density at radius 3 is 2.53 bits per heavy atom. The second-order valence-electron chi connectivity index (χ2n) is 4.18. The summed E-state index contributed by atoms with van der Waals surface area (Å²) in [4.78, 5) is 3.92. The largest absolute Gasteiger partial charge is 0.313 e. The molecule has 0 unspecified atom stereocenters. The number of rotatable bonds is 2. The molecule has 0 bridgehead atoms. The van der Waals surface area contributed by atoms with Crippen molar-refractivity contribution < 1.29 is 0 Å². The van der Waals surface area contributed by atoms with Crippen molar-refractivity contribution in [2.75, 3.05) is 13.1 Å². The number of nitrogens with one attached hydrogen (secondary N) is 2. The monoisotopic (exact) mass is 264 g/mol. The van der Waals surface area contributed by atoms with Crippen molar-refractivity contribution in [3.05, 3.63) is 17.3 Å². The Labute approximate surface area is 117 Å². The fraction of sp³-hybridized carbons (Fsp3) is 0.600. The molecule has 4 nitrogen and oxygen atoms in total. The second-order valence-corrected chi connectivity index (χ2v) is 4.18. The molecule has 1 aliphatic heterocycles. The highest BCUT2D eigenvalue weighted by molar-refractivity contribution is 5.76. The van der Waals surface area contributed by atoms with Crippen molar-refractivity contribution in [2.24, 2.45) is 4.99 Å². The van der Waals surface area contributed by atoms with Crippen LogP contribution in [0.4, 0.5) is 5.82 Å². The van der Waals surface area contributed by atoms with Crippen molar-refractivity contribution in [2.45, 2.75) is 47.5 Å². The van der Waals surface area contributed by atoms with E-state index in [9.17, 15) is 0 Å². The molecule has 0 saturated carbocycles. The molecule has 108 valence electrons. The highest BCUT2D eigenvalue weighted by Crippen LogP contribution is 2.29. The fourth-order valence-electron chi connectivity index (χ4n) is 1.79. The zero-order valence-corrected chi connectivity index (χ0v) is 13.0. The molecule has 0 spiro atoms. The van der Waals surface area contributed by atoms with E-state index < -0.39 is 0 Å². The van der Waals surface area contributed by atoms with E-state index in [1.807, 2.05) is 20.0 Å². The predicted molar refractivity (Wildman–Crippen MR) is 85.2 cm³/mol. The average Bonchev–Trinajstić information content (AvgIpc) is 2.90. The summed E-state index contributed by atoms with van der Waals surface area (Å²) in [5.41, 5.74) is 3.81.